The molecule has 1 aliphatic heterocycles. The minimum Gasteiger partial charge on any atom is -0.342 e. The van der Waals surface area contributed by atoms with Crippen LogP contribution in [0.1, 0.15) is 56.1 Å². The van der Waals surface area contributed by atoms with Gasteiger partial charge in [-0.3, -0.25) is 4.79 Å². The van der Waals surface area contributed by atoms with E-state index in [4.69, 9.17) is 0 Å². The number of ketones is 1. The molecule has 1 unspecified atom stereocenters. The fraction of sp³-hybridized carbons (Fsp3) is 0.667. The van der Waals surface area contributed by atoms with Crippen LogP contribution in [0, 0.1) is 5.92 Å². The first-order valence-electron chi connectivity index (χ1n) is 7.13. The first-order chi connectivity index (χ1) is 8.72. The average Bonchev–Trinajstić information content (AvgIpc) is 2.88. The van der Waals surface area contributed by atoms with Gasteiger partial charge in [-0.1, -0.05) is 20.3 Å². The van der Waals surface area contributed by atoms with Gasteiger partial charge in [0.2, 0.25) is 0 Å². The molecule has 18 heavy (non-hydrogen) atoms. The second-order valence-corrected chi connectivity index (χ2v) is 5.42. The maximum atomic E-state index is 12.3. The minimum atomic E-state index is 0.299. The Morgan fingerprint density at radius 1 is 1.50 bits per heavy atom. The quantitative estimate of drug-likeness (QED) is 0.813. The second kappa shape index (κ2) is 6.19. The van der Waals surface area contributed by atoms with Gasteiger partial charge in [-0.15, -0.1) is 0 Å². The van der Waals surface area contributed by atoms with Gasteiger partial charge in [0.05, 0.1) is 5.69 Å². The van der Waals surface area contributed by atoms with E-state index in [0.717, 1.165) is 38.0 Å². The highest BCUT2D eigenvalue weighted by molar-refractivity contribution is 5.94. The van der Waals surface area contributed by atoms with Crippen LogP contribution in [0.2, 0.25) is 0 Å². The summed E-state index contributed by atoms with van der Waals surface area (Å²) < 4.78 is 2.20. The first kappa shape index (κ1) is 13.3. The molecule has 1 saturated heterocycles. The van der Waals surface area contributed by atoms with Crippen LogP contribution < -0.4 is 5.32 Å². The number of hydrogen-bond acceptors (Lipinski definition) is 2. The zero-order valence-corrected chi connectivity index (χ0v) is 11.5. The molecule has 2 heterocycles. The Bertz CT molecular complexity index is 391. The molecule has 1 aliphatic rings. The molecule has 3 nitrogen and oxygen atoms in total. The van der Waals surface area contributed by atoms with E-state index in [2.05, 4.69) is 29.9 Å². The molecule has 100 valence electrons. The third-order valence-electron chi connectivity index (χ3n) is 4.00. The second-order valence-electron chi connectivity index (χ2n) is 5.42. The number of aromatic nitrogens is 1. The first-order valence-corrected chi connectivity index (χ1v) is 7.13. The van der Waals surface area contributed by atoms with Gasteiger partial charge in [0, 0.05) is 18.7 Å². The predicted molar refractivity (Wildman–Crippen MR) is 74.0 cm³/mol. The van der Waals surface area contributed by atoms with Crippen LogP contribution in [0.3, 0.4) is 0 Å². The van der Waals surface area contributed by atoms with E-state index in [-0.39, 0.29) is 0 Å². The van der Waals surface area contributed by atoms with Gasteiger partial charge in [0.1, 0.15) is 0 Å². The molecular weight excluding hydrogens is 224 g/mol. The molecular formula is C15H24N2O. The summed E-state index contributed by atoms with van der Waals surface area (Å²) in [5.74, 6) is 0.779. The Morgan fingerprint density at radius 3 is 2.89 bits per heavy atom. The lowest BCUT2D eigenvalue weighted by Gasteiger charge is -2.26. The van der Waals surface area contributed by atoms with Gasteiger partial charge >= 0.3 is 0 Å². The monoisotopic (exact) mass is 248 g/mol. The number of hydrogen-bond donors (Lipinski definition) is 1. The third kappa shape index (κ3) is 3.02. The van der Waals surface area contributed by atoms with Crippen molar-refractivity contribution in [3.63, 3.8) is 0 Å². The Hall–Kier alpha value is -1.09. The van der Waals surface area contributed by atoms with E-state index >= 15 is 0 Å². The molecule has 1 N–H and O–H groups in total. The number of nitrogens with one attached hydrogen (secondary N) is 1. The van der Waals surface area contributed by atoms with E-state index in [1.54, 1.807) is 0 Å². The van der Waals surface area contributed by atoms with Gasteiger partial charge in [0.15, 0.2) is 5.78 Å². The summed E-state index contributed by atoms with van der Waals surface area (Å²) in [6, 6.07) is 4.48. The normalized spacial score (nSPS) is 18.8. The van der Waals surface area contributed by atoms with Gasteiger partial charge in [-0.2, -0.15) is 0 Å². The van der Waals surface area contributed by atoms with E-state index in [1.807, 2.05) is 12.1 Å². The van der Waals surface area contributed by atoms with E-state index in [0.29, 0.717) is 24.2 Å². The van der Waals surface area contributed by atoms with Crippen molar-refractivity contribution in [3.05, 3.63) is 24.0 Å². The van der Waals surface area contributed by atoms with Crippen molar-refractivity contribution in [1.29, 1.82) is 0 Å². The lowest BCUT2D eigenvalue weighted by Crippen LogP contribution is -2.30. The molecule has 2 rings (SSSR count). The predicted octanol–water partition coefficient (Wildman–Crippen LogP) is 3.03. The van der Waals surface area contributed by atoms with Gasteiger partial charge < -0.3 is 9.88 Å². The number of rotatable bonds is 5. The lowest BCUT2D eigenvalue weighted by atomic mass is 10.00. The Kier molecular flexibility index (Phi) is 4.59. The van der Waals surface area contributed by atoms with E-state index in [1.165, 1.54) is 0 Å². The summed E-state index contributed by atoms with van der Waals surface area (Å²) in [7, 11) is 0. The number of nitrogens with zero attached hydrogens (tertiary/aromatic N) is 1. The van der Waals surface area contributed by atoms with Crippen LogP contribution in [-0.4, -0.2) is 23.4 Å². The highest BCUT2D eigenvalue weighted by Crippen LogP contribution is 2.23. The summed E-state index contributed by atoms with van der Waals surface area (Å²) >= 11 is 0. The molecule has 1 aromatic heterocycles. The highest BCUT2D eigenvalue weighted by Gasteiger charge is 2.20. The van der Waals surface area contributed by atoms with Crippen LogP contribution >= 0.6 is 0 Å². The molecule has 3 heteroatoms. The standard InChI is InChI=1S/C15H24N2O/c1-3-12(2)11-15(18)14-5-4-10-17(14)13-6-8-16-9-7-13/h4-5,10,12-13,16H,3,6-9,11H2,1-2H3. The van der Waals surface area contributed by atoms with Crippen molar-refractivity contribution in [2.24, 2.45) is 5.92 Å². The maximum absolute atomic E-state index is 12.3. The van der Waals surface area contributed by atoms with Crippen molar-refractivity contribution in [2.75, 3.05) is 13.1 Å². The van der Waals surface area contributed by atoms with Gasteiger partial charge in [0.25, 0.3) is 0 Å². The fourth-order valence-electron chi connectivity index (χ4n) is 2.60. The molecule has 0 radical (unpaired) electrons. The lowest BCUT2D eigenvalue weighted by molar-refractivity contribution is 0.0951. The summed E-state index contributed by atoms with van der Waals surface area (Å²) in [5.41, 5.74) is 0.905. The van der Waals surface area contributed by atoms with E-state index < -0.39 is 0 Å². The van der Waals surface area contributed by atoms with Crippen LogP contribution in [-0.2, 0) is 0 Å². The molecule has 0 aliphatic carbocycles. The molecule has 1 atom stereocenters. The largest absolute Gasteiger partial charge is 0.342 e. The Balaban J connectivity index is 2.09. The van der Waals surface area contributed by atoms with E-state index in [9.17, 15) is 4.79 Å². The summed E-state index contributed by atoms with van der Waals surface area (Å²) in [6.07, 6.45) is 6.06. The van der Waals surface area contributed by atoms with Crippen LogP contribution in [0.25, 0.3) is 0 Å². The van der Waals surface area contributed by atoms with Crippen LogP contribution in [0.5, 0.6) is 0 Å². The maximum Gasteiger partial charge on any atom is 0.179 e. The van der Waals surface area contributed by atoms with Crippen molar-refractivity contribution < 1.29 is 4.79 Å². The summed E-state index contributed by atoms with van der Waals surface area (Å²) in [5, 5.41) is 3.37. The number of piperidine rings is 1. The number of carbonyl (C=O) groups is 1. The molecule has 1 fully saturated rings. The SMILES string of the molecule is CCC(C)CC(=O)c1cccn1C1CCNCC1. The van der Waals surface area contributed by atoms with Crippen molar-refractivity contribution >= 4 is 5.78 Å². The van der Waals surface area contributed by atoms with Gasteiger partial charge in [-0.05, 0) is 44.0 Å². The van der Waals surface area contributed by atoms with Crippen LogP contribution in [0.15, 0.2) is 18.3 Å². The third-order valence-corrected chi connectivity index (χ3v) is 4.00. The zero-order chi connectivity index (χ0) is 13.0. The molecule has 0 aromatic carbocycles. The number of carbonyl (C=O) groups excluding carboxylic acids is 1. The molecule has 0 spiro atoms. The minimum absolute atomic E-state index is 0.299. The summed E-state index contributed by atoms with van der Waals surface area (Å²) in [4.78, 5) is 12.3. The topological polar surface area (TPSA) is 34.0 Å². The molecule has 0 bridgehead atoms. The molecule has 0 amide bonds. The average molecular weight is 248 g/mol. The number of Topliss-reactive ketones (excluding diaryl/α,β-unsaturated/α-hetero) is 1. The molecule has 1 aromatic rings. The van der Waals surface area contributed by atoms with Crippen molar-refractivity contribution in [1.82, 2.24) is 9.88 Å². The highest BCUT2D eigenvalue weighted by atomic mass is 16.1. The smallest absolute Gasteiger partial charge is 0.179 e. The van der Waals surface area contributed by atoms with Crippen molar-refractivity contribution in [2.45, 2.75) is 45.6 Å². The zero-order valence-electron chi connectivity index (χ0n) is 11.5. The van der Waals surface area contributed by atoms with Crippen molar-refractivity contribution in [3.8, 4) is 0 Å². The van der Waals surface area contributed by atoms with Crippen LogP contribution in [0.4, 0.5) is 0 Å². The fourth-order valence-corrected chi connectivity index (χ4v) is 2.60. The Labute approximate surface area is 110 Å². The van der Waals surface area contributed by atoms with Gasteiger partial charge in [-0.25, -0.2) is 0 Å². The summed E-state index contributed by atoms with van der Waals surface area (Å²) in [6.45, 7) is 6.41. The Morgan fingerprint density at radius 2 is 2.22 bits per heavy atom. The molecule has 0 saturated carbocycles.